The molecule has 2 rings (SSSR count). The second kappa shape index (κ2) is 4.33. The van der Waals surface area contributed by atoms with Gasteiger partial charge in [0.25, 0.3) is 0 Å². The van der Waals surface area contributed by atoms with Crippen molar-refractivity contribution in [3.8, 4) is 0 Å². The molecule has 0 aliphatic rings. The highest BCUT2D eigenvalue weighted by atomic mass is 35.5. The maximum atomic E-state index is 11.8. The third-order valence-electron chi connectivity index (χ3n) is 2.33. The van der Waals surface area contributed by atoms with Crippen LogP contribution in [0.2, 0.25) is 5.15 Å². The summed E-state index contributed by atoms with van der Waals surface area (Å²) >= 11 is 5.95. The molecule has 2 heterocycles. The lowest BCUT2D eigenvalue weighted by molar-refractivity contribution is 0.0528. The summed E-state index contributed by atoms with van der Waals surface area (Å²) in [6, 6.07) is 1.87. The lowest BCUT2D eigenvalue weighted by Gasteiger charge is -2.02. The van der Waals surface area contributed by atoms with Gasteiger partial charge in [0.2, 0.25) is 0 Å². The molecule has 5 nitrogen and oxygen atoms in total. The van der Waals surface area contributed by atoms with Crippen LogP contribution >= 0.6 is 11.6 Å². The first kappa shape index (κ1) is 11.9. The monoisotopic (exact) mass is 253 g/mol. The number of carbonyl (C=O) groups excluding carboxylic acids is 1. The molecule has 90 valence electrons. The van der Waals surface area contributed by atoms with Crippen LogP contribution in [-0.4, -0.2) is 27.2 Å². The third-order valence-corrected chi connectivity index (χ3v) is 2.60. The minimum atomic E-state index is -0.495. The van der Waals surface area contributed by atoms with E-state index in [9.17, 15) is 4.79 Å². The Morgan fingerprint density at radius 1 is 1.53 bits per heavy atom. The molecule has 0 aliphatic carbocycles. The molecule has 0 saturated carbocycles. The number of aryl methyl sites for hydroxylation is 2. The number of halogens is 1. The van der Waals surface area contributed by atoms with Gasteiger partial charge in [-0.2, -0.15) is 5.10 Å². The summed E-state index contributed by atoms with van der Waals surface area (Å²) in [5, 5.41) is 4.19. The smallest absolute Gasteiger partial charge is 0.345 e. The average molecular weight is 254 g/mol. The molecule has 0 aliphatic heterocycles. The van der Waals surface area contributed by atoms with E-state index in [-0.39, 0.29) is 17.3 Å². The van der Waals surface area contributed by atoms with E-state index in [0.29, 0.717) is 5.65 Å². The van der Waals surface area contributed by atoms with Crippen LogP contribution in [0.25, 0.3) is 5.65 Å². The molecule has 0 unspecified atom stereocenters. The second-order valence-corrected chi connectivity index (χ2v) is 4.02. The number of ether oxygens (including phenoxy) is 1. The van der Waals surface area contributed by atoms with Gasteiger partial charge >= 0.3 is 5.97 Å². The SMILES string of the molecule is CCOC(=O)c1c(Cl)nn2c(C)cc(C)nc12. The first-order chi connectivity index (χ1) is 8.04. The molecular formula is C11H12ClN3O2. The van der Waals surface area contributed by atoms with Crippen molar-refractivity contribution in [1.29, 1.82) is 0 Å². The molecule has 0 radical (unpaired) electrons. The van der Waals surface area contributed by atoms with Crippen molar-refractivity contribution in [2.75, 3.05) is 6.61 Å². The van der Waals surface area contributed by atoms with E-state index in [4.69, 9.17) is 16.3 Å². The Hall–Kier alpha value is -1.62. The number of esters is 1. The van der Waals surface area contributed by atoms with Gasteiger partial charge in [-0.25, -0.2) is 14.3 Å². The molecule has 0 spiro atoms. The Labute approximate surface area is 103 Å². The van der Waals surface area contributed by atoms with E-state index >= 15 is 0 Å². The zero-order valence-corrected chi connectivity index (χ0v) is 10.6. The van der Waals surface area contributed by atoms with Gasteiger partial charge in [0, 0.05) is 11.4 Å². The first-order valence-electron chi connectivity index (χ1n) is 5.24. The summed E-state index contributed by atoms with van der Waals surface area (Å²) in [4.78, 5) is 16.0. The Morgan fingerprint density at radius 3 is 2.88 bits per heavy atom. The minimum Gasteiger partial charge on any atom is -0.462 e. The zero-order valence-electron chi connectivity index (χ0n) is 9.82. The number of aromatic nitrogens is 3. The van der Waals surface area contributed by atoms with Crippen molar-refractivity contribution in [2.45, 2.75) is 20.8 Å². The van der Waals surface area contributed by atoms with Crippen molar-refractivity contribution in [1.82, 2.24) is 14.6 Å². The summed E-state index contributed by atoms with van der Waals surface area (Å²) in [7, 11) is 0. The van der Waals surface area contributed by atoms with E-state index < -0.39 is 5.97 Å². The maximum Gasteiger partial charge on any atom is 0.345 e. The van der Waals surface area contributed by atoms with Crippen molar-refractivity contribution < 1.29 is 9.53 Å². The fourth-order valence-electron chi connectivity index (χ4n) is 1.67. The van der Waals surface area contributed by atoms with Crippen molar-refractivity contribution in [3.05, 3.63) is 28.2 Å². The van der Waals surface area contributed by atoms with Crippen molar-refractivity contribution in [3.63, 3.8) is 0 Å². The number of rotatable bonds is 2. The highest BCUT2D eigenvalue weighted by molar-refractivity contribution is 6.33. The van der Waals surface area contributed by atoms with Gasteiger partial charge in [-0.1, -0.05) is 11.6 Å². The number of carbonyl (C=O) groups is 1. The lowest BCUT2D eigenvalue weighted by atomic mass is 10.3. The largest absolute Gasteiger partial charge is 0.462 e. The molecule has 0 saturated heterocycles. The number of nitrogens with zero attached hydrogens (tertiary/aromatic N) is 3. The van der Waals surface area contributed by atoms with Crippen LogP contribution in [0.4, 0.5) is 0 Å². The van der Waals surface area contributed by atoms with Gasteiger partial charge in [-0.15, -0.1) is 0 Å². The number of hydrogen-bond donors (Lipinski definition) is 0. The molecule has 0 N–H and O–H groups in total. The number of hydrogen-bond acceptors (Lipinski definition) is 4. The molecule has 2 aromatic rings. The topological polar surface area (TPSA) is 56.5 Å². The van der Waals surface area contributed by atoms with Gasteiger partial charge < -0.3 is 4.74 Å². The Morgan fingerprint density at radius 2 is 2.24 bits per heavy atom. The summed E-state index contributed by atoms with van der Waals surface area (Å²) in [6.45, 7) is 5.75. The van der Waals surface area contributed by atoms with Crippen LogP contribution in [0, 0.1) is 13.8 Å². The summed E-state index contributed by atoms with van der Waals surface area (Å²) in [6.07, 6.45) is 0. The predicted octanol–water partition coefficient (Wildman–Crippen LogP) is 2.18. The lowest BCUT2D eigenvalue weighted by Crippen LogP contribution is -2.06. The van der Waals surface area contributed by atoms with Crippen molar-refractivity contribution in [2.24, 2.45) is 0 Å². The molecule has 6 heteroatoms. The molecule has 0 aromatic carbocycles. The van der Waals surface area contributed by atoms with E-state index in [1.807, 2.05) is 19.9 Å². The summed E-state index contributed by atoms with van der Waals surface area (Å²) in [5.41, 5.74) is 2.33. The van der Waals surface area contributed by atoms with E-state index in [1.165, 1.54) is 0 Å². The zero-order chi connectivity index (χ0) is 12.6. The van der Waals surface area contributed by atoms with Crippen LogP contribution in [0.3, 0.4) is 0 Å². The summed E-state index contributed by atoms with van der Waals surface area (Å²) < 4.78 is 6.48. The highest BCUT2D eigenvalue weighted by Crippen LogP contribution is 2.21. The predicted molar refractivity (Wildman–Crippen MR) is 63.4 cm³/mol. The third kappa shape index (κ3) is 1.98. The van der Waals surface area contributed by atoms with Gasteiger partial charge in [0.1, 0.15) is 5.56 Å². The minimum absolute atomic E-state index is 0.115. The van der Waals surface area contributed by atoms with Crippen LogP contribution in [0.15, 0.2) is 6.07 Å². The Balaban J connectivity index is 2.70. The fraction of sp³-hybridized carbons (Fsp3) is 0.364. The average Bonchev–Trinajstić information content (AvgIpc) is 2.55. The van der Waals surface area contributed by atoms with Crippen LogP contribution < -0.4 is 0 Å². The maximum absolute atomic E-state index is 11.8. The Kier molecular flexibility index (Phi) is 3.02. The standard InChI is InChI=1S/C11H12ClN3O2/c1-4-17-11(16)8-9(12)14-15-7(3)5-6(2)13-10(8)15/h5H,4H2,1-3H3. The molecule has 0 bridgehead atoms. The molecule has 2 aromatic heterocycles. The van der Waals surface area contributed by atoms with Gasteiger partial charge in [-0.05, 0) is 26.8 Å². The van der Waals surface area contributed by atoms with Crippen molar-refractivity contribution >= 4 is 23.2 Å². The highest BCUT2D eigenvalue weighted by Gasteiger charge is 2.21. The first-order valence-corrected chi connectivity index (χ1v) is 5.62. The van der Waals surface area contributed by atoms with E-state index in [1.54, 1.807) is 11.4 Å². The van der Waals surface area contributed by atoms with Crippen LogP contribution in [0.1, 0.15) is 28.7 Å². The van der Waals surface area contributed by atoms with E-state index in [2.05, 4.69) is 10.1 Å². The molecule has 0 amide bonds. The summed E-state index contributed by atoms with van der Waals surface area (Å²) in [5.74, 6) is -0.495. The van der Waals surface area contributed by atoms with Gasteiger partial charge in [-0.3, -0.25) is 0 Å². The molecular weight excluding hydrogens is 242 g/mol. The fourth-order valence-corrected chi connectivity index (χ4v) is 1.91. The quantitative estimate of drug-likeness (QED) is 0.770. The molecule has 0 atom stereocenters. The van der Waals surface area contributed by atoms with Gasteiger partial charge in [0.05, 0.1) is 6.61 Å². The normalized spacial score (nSPS) is 10.8. The molecule has 17 heavy (non-hydrogen) atoms. The van der Waals surface area contributed by atoms with Crippen LogP contribution in [0.5, 0.6) is 0 Å². The Bertz CT molecular complexity index is 592. The van der Waals surface area contributed by atoms with E-state index in [0.717, 1.165) is 11.4 Å². The second-order valence-electron chi connectivity index (χ2n) is 3.66. The molecule has 0 fully saturated rings. The van der Waals surface area contributed by atoms with Crippen LogP contribution in [-0.2, 0) is 4.74 Å². The number of fused-ring (bicyclic) bond motifs is 1. The van der Waals surface area contributed by atoms with Gasteiger partial charge in [0.15, 0.2) is 10.8 Å².